The van der Waals surface area contributed by atoms with Crippen molar-refractivity contribution in [2.24, 2.45) is 0 Å². The number of hydrogen-bond donors (Lipinski definition) is 4. The molecule has 0 radical (unpaired) electrons. The van der Waals surface area contributed by atoms with E-state index in [2.05, 4.69) is 20.8 Å². The fraction of sp³-hybridized carbons (Fsp3) is 0.333. The summed E-state index contributed by atoms with van der Waals surface area (Å²) in [6, 6.07) is 10.7. The van der Waals surface area contributed by atoms with Crippen LogP contribution in [0, 0.1) is 5.82 Å². The predicted molar refractivity (Wildman–Crippen MR) is 108 cm³/mol. The Morgan fingerprint density at radius 3 is 2.75 bits per heavy atom. The number of H-pyrrole nitrogens is 1. The van der Waals surface area contributed by atoms with Gasteiger partial charge in [0.25, 0.3) is 5.56 Å². The number of anilines is 2. The van der Waals surface area contributed by atoms with Crippen LogP contribution in [0.25, 0.3) is 10.8 Å². The average molecular weight is 382 g/mol. The normalized spacial score (nSPS) is 18.1. The molecule has 1 aliphatic rings. The van der Waals surface area contributed by atoms with E-state index >= 15 is 0 Å². The molecule has 28 heavy (non-hydrogen) atoms. The summed E-state index contributed by atoms with van der Waals surface area (Å²) in [7, 11) is 0. The van der Waals surface area contributed by atoms with Gasteiger partial charge in [0.2, 0.25) is 0 Å². The second-order valence-electron chi connectivity index (χ2n) is 7.20. The maximum absolute atomic E-state index is 14.0. The topological polar surface area (TPSA) is 90.0 Å². The number of halogens is 1. The molecular weight excluding hydrogens is 359 g/mol. The Balaban J connectivity index is 1.62. The van der Waals surface area contributed by atoms with Crippen LogP contribution in [-0.4, -0.2) is 28.5 Å². The first-order valence-corrected chi connectivity index (χ1v) is 9.51. The van der Waals surface area contributed by atoms with E-state index in [1.807, 2.05) is 31.2 Å². The molecule has 0 aliphatic carbocycles. The highest BCUT2D eigenvalue weighted by atomic mass is 19.1. The first kappa shape index (κ1) is 18.4. The number of nitrogens with zero attached hydrogens (tertiary/aromatic N) is 1. The maximum atomic E-state index is 14.0. The van der Waals surface area contributed by atoms with Gasteiger partial charge in [-0.15, -0.1) is 0 Å². The Kier molecular flexibility index (Phi) is 5.00. The van der Waals surface area contributed by atoms with Gasteiger partial charge in [-0.3, -0.25) is 4.79 Å². The zero-order chi connectivity index (χ0) is 19.7. The van der Waals surface area contributed by atoms with Crippen molar-refractivity contribution in [2.75, 3.05) is 23.8 Å². The van der Waals surface area contributed by atoms with Gasteiger partial charge in [0.1, 0.15) is 5.82 Å². The highest BCUT2D eigenvalue weighted by molar-refractivity contribution is 5.97. The zero-order valence-electron chi connectivity index (χ0n) is 15.6. The molecule has 0 unspecified atom stereocenters. The number of aliphatic hydroxyl groups excluding tert-OH is 1. The summed E-state index contributed by atoms with van der Waals surface area (Å²) in [4.78, 5) is 12.1. The third kappa shape index (κ3) is 3.33. The van der Waals surface area contributed by atoms with Crippen LogP contribution in [0.4, 0.5) is 15.8 Å². The number of benzene rings is 2. The number of aliphatic hydroxyl groups is 1. The molecule has 3 aromatic rings. The van der Waals surface area contributed by atoms with Gasteiger partial charge >= 0.3 is 0 Å². The zero-order valence-corrected chi connectivity index (χ0v) is 15.6. The van der Waals surface area contributed by atoms with Crippen molar-refractivity contribution in [1.82, 2.24) is 10.2 Å². The third-order valence-electron chi connectivity index (χ3n) is 5.31. The smallest absolute Gasteiger partial charge is 0.272 e. The minimum Gasteiger partial charge on any atom is -0.396 e. The molecule has 7 heteroatoms. The molecule has 0 amide bonds. The van der Waals surface area contributed by atoms with E-state index < -0.39 is 5.82 Å². The maximum Gasteiger partial charge on any atom is 0.272 e. The van der Waals surface area contributed by atoms with Crippen molar-refractivity contribution < 1.29 is 9.50 Å². The predicted octanol–water partition coefficient (Wildman–Crippen LogP) is 3.52. The number of rotatable bonds is 6. The number of unbranched alkanes of at least 4 members (excludes halogenated alkanes) is 1. The summed E-state index contributed by atoms with van der Waals surface area (Å²) in [5.74, 6) is -0.450. The Morgan fingerprint density at radius 2 is 2.00 bits per heavy atom. The summed E-state index contributed by atoms with van der Waals surface area (Å²) in [5.41, 5.74) is 3.05. The van der Waals surface area contributed by atoms with E-state index in [1.54, 1.807) is 0 Å². The molecule has 1 aliphatic heterocycles. The number of hydrogen-bond acceptors (Lipinski definition) is 5. The largest absolute Gasteiger partial charge is 0.396 e. The summed E-state index contributed by atoms with van der Waals surface area (Å²) in [6.07, 6.45) is 1.70. The fourth-order valence-electron chi connectivity index (χ4n) is 3.83. The van der Waals surface area contributed by atoms with Gasteiger partial charge in [0.15, 0.2) is 0 Å². The molecule has 0 fully saturated rings. The lowest BCUT2D eigenvalue weighted by Gasteiger charge is -2.32. The van der Waals surface area contributed by atoms with Crippen molar-refractivity contribution in [3.05, 3.63) is 63.8 Å². The second kappa shape index (κ2) is 7.59. The Hall–Kier alpha value is -2.93. The van der Waals surface area contributed by atoms with Gasteiger partial charge in [-0.2, -0.15) is 5.10 Å². The molecule has 6 nitrogen and oxygen atoms in total. The molecule has 0 saturated heterocycles. The molecule has 4 rings (SSSR count). The molecule has 2 aromatic carbocycles. The molecule has 146 valence electrons. The van der Waals surface area contributed by atoms with Crippen molar-refractivity contribution in [2.45, 2.75) is 31.7 Å². The molecule has 0 spiro atoms. The third-order valence-corrected chi connectivity index (χ3v) is 5.31. The summed E-state index contributed by atoms with van der Waals surface area (Å²) in [6.45, 7) is 3.06. The summed E-state index contributed by atoms with van der Waals surface area (Å²) in [5, 5.41) is 23.3. The van der Waals surface area contributed by atoms with Crippen LogP contribution in [0.5, 0.6) is 0 Å². The van der Waals surface area contributed by atoms with Crippen molar-refractivity contribution in [3.63, 3.8) is 0 Å². The van der Waals surface area contributed by atoms with Crippen molar-refractivity contribution in [1.29, 1.82) is 0 Å². The Morgan fingerprint density at radius 1 is 1.21 bits per heavy atom. The minimum absolute atomic E-state index is 0.000625. The summed E-state index contributed by atoms with van der Waals surface area (Å²) >= 11 is 0. The number of nitrogens with one attached hydrogen (secondary N) is 3. The fourth-order valence-corrected chi connectivity index (χ4v) is 3.83. The van der Waals surface area contributed by atoms with Gasteiger partial charge < -0.3 is 15.7 Å². The van der Waals surface area contributed by atoms with Crippen LogP contribution in [0.2, 0.25) is 0 Å². The van der Waals surface area contributed by atoms with Crippen LogP contribution in [0.1, 0.15) is 43.0 Å². The monoisotopic (exact) mass is 382 g/mol. The van der Waals surface area contributed by atoms with Crippen LogP contribution < -0.4 is 16.2 Å². The minimum atomic E-state index is -0.451. The van der Waals surface area contributed by atoms with Gasteiger partial charge in [-0.25, -0.2) is 9.49 Å². The van der Waals surface area contributed by atoms with E-state index in [4.69, 9.17) is 5.11 Å². The number of aromatic nitrogens is 2. The highest BCUT2D eigenvalue weighted by Crippen LogP contribution is 2.43. The molecule has 0 saturated carbocycles. The standard InChI is InChI=1S/C21H23FN4O2/c1-12-19(13-4-6-15(7-5-13)23-8-2-3-9-27)24-17-11-14(22)10-16-18(17)20(12)25-26-21(16)28/h4-7,10-12,19,23-24,27H,2-3,8-9H2,1H3,(H,26,28)/t12-,19+/m1/s1. The Labute approximate surface area is 161 Å². The quantitative estimate of drug-likeness (QED) is 0.490. The Bertz CT molecular complexity index is 1050. The van der Waals surface area contributed by atoms with Crippen LogP contribution in [0.15, 0.2) is 41.2 Å². The summed E-state index contributed by atoms with van der Waals surface area (Å²) < 4.78 is 14.0. The molecule has 4 N–H and O–H groups in total. The van der Waals surface area contributed by atoms with Gasteiger partial charge in [-0.05, 0) is 42.7 Å². The van der Waals surface area contributed by atoms with Crippen LogP contribution in [0.3, 0.4) is 0 Å². The van der Waals surface area contributed by atoms with Gasteiger partial charge in [0.05, 0.1) is 17.1 Å². The molecule has 2 atom stereocenters. The van der Waals surface area contributed by atoms with E-state index in [0.29, 0.717) is 16.5 Å². The van der Waals surface area contributed by atoms with Crippen molar-refractivity contribution in [3.8, 4) is 0 Å². The lowest BCUT2D eigenvalue weighted by molar-refractivity contribution is 0.286. The van der Waals surface area contributed by atoms with E-state index in [-0.39, 0.29) is 24.1 Å². The lowest BCUT2D eigenvalue weighted by atomic mass is 9.85. The first-order valence-electron chi connectivity index (χ1n) is 9.51. The molecule has 2 heterocycles. The van der Waals surface area contributed by atoms with Crippen molar-refractivity contribution >= 4 is 22.1 Å². The van der Waals surface area contributed by atoms with E-state index in [9.17, 15) is 9.18 Å². The molecule has 0 bridgehead atoms. The van der Waals surface area contributed by atoms with Gasteiger partial charge in [0, 0.05) is 35.8 Å². The first-order chi connectivity index (χ1) is 13.6. The number of aromatic amines is 1. The average Bonchev–Trinajstić information content (AvgIpc) is 2.70. The lowest BCUT2D eigenvalue weighted by Crippen LogP contribution is -2.26. The molecule has 1 aromatic heterocycles. The van der Waals surface area contributed by atoms with E-state index in [1.165, 1.54) is 12.1 Å². The van der Waals surface area contributed by atoms with Gasteiger partial charge in [-0.1, -0.05) is 19.1 Å². The molecular formula is C21H23FN4O2. The SMILES string of the molecule is C[C@H]1c2n[nH]c(=O)c3cc(F)cc(c23)N[C@@H]1c1ccc(NCCCCO)cc1. The second-order valence-corrected chi connectivity index (χ2v) is 7.20. The highest BCUT2D eigenvalue weighted by Gasteiger charge is 2.30. The van der Waals surface area contributed by atoms with E-state index in [0.717, 1.165) is 36.3 Å². The van der Waals surface area contributed by atoms with Crippen LogP contribution >= 0.6 is 0 Å². The van der Waals surface area contributed by atoms with Crippen LogP contribution in [-0.2, 0) is 0 Å².